The van der Waals surface area contributed by atoms with Gasteiger partial charge in [-0.2, -0.15) is 0 Å². The lowest BCUT2D eigenvalue weighted by molar-refractivity contribution is 0.0628. The minimum absolute atomic E-state index is 0.0247. The van der Waals surface area contributed by atoms with Crippen LogP contribution >= 0.6 is 12.2 Å². The van der Waals surface area contributed by atoms with E-state index in [-0.39, 0.29) is 5.91 Å². The second-order valence-corrected chi connectivity index (χ2v) is 7.03. The predicted molar refractivity (Wildman–Crippen MR) is 107 cm³/mol. The molecule has 1 amide bonds. The van der Waals surface area contributed by atoms with Crippen LogP contribution in [0.2, 0.25) is 0 Å². The Bertz CT molecular complexity index is 984. The average molecular weight is 363 g/mol. The third kappa shape index (κ3) is 3.41. The highest BCUT2D eigenvalue weighted by Crippen LogP contribution is 2.21. The van der Waals surface area contributed by atoms with Crippen molar-refractivity contribution in [3.8, 4) is 0 Å². The number of amides is 1. The van der Waals surface area contributed by atoms with Gasteiger partial charge in [0.05, 0.1) is 5.56 Å². The summed E-state index contributed by atoms with van der Waals surface area (Å²) in [5.41, 5.74) is 1.93. The van der Waals surface area contributed by atoms with E-state index < -0.39 is 0 Å². The van der Waals surface area contributed by atoms with Crippen LogP contribution < -0.4 is 0 Å². The molecule has 2 heterocycles. The van der Waals surface area contributed by atoms with Crippen molar-refractivity contribution in [3.05, 3.63) is 76.6 Å². The number of nitrogens with one attached hydrogen (secondary N) is 1. The van der Waals surface area contributed by atoms with E-state index in [1.54, 1.807) is 12.3 Å². The molecule has 1 N–H and O–H groups in total. The standard InChI is InChI=1S/C21H21N3OS/c25-21(19-9-4-10-22-20(19)26)24-13-11-23(12-14-24)15-17-7-3-6-16-5-1-2-8-18(16)17/h1-10H,11-15H2,(H,22,26). The number of piperazine rings is 1. The Morgan fingerprint density at radius 3 is 2.54 bits per heavy atom. The van der Waals surface area contributed by atoms with Gasteiger partial charge < -0.3 is 9.88 Å². The molecular weight excluding hydrogens is 342 g/mol. The molecule has 0 bridgehead atoms. The van der Waals surface area contributed by atoms with Gasteiger partial charge in [0, 0.05) is 38.9 Å². The van der Waals surface area contributed by atoms with Crippen LogP contribution in [-0.2, 0) is 6.54 Å². The van der Waals surface area contributed by atoms with E-state index in [0.29, 0.717) is 10.2 Å². The Morgan fingerprint density at radius 2 is 1.73 bits per heavy atom. The van der Waals surface area contributed by atoms with Crippen molar-refractivity contribution >= 4 is 28.9 Å². The first-order valence-electron chi connectivity index (χ1n) is 8.88. The topological polar surface area (TPSA) is 39.3 Å². The molecule has 0 saturated carbocycles. The first-order chi connectivity index (χ1) is 12.7. The Morgan fingerprint density at radius 1 is 0.962 bits per heavy atom. The molecule has 1 aliphatic heterocycles. The number of hydrogen-bond acceptors (Lipinski definition) is 3. The van der Waals surface area contributed by atoms with E-state index in [1.165, 1.54) is 16.3 Å². The van der Waals surface area contributed by atoms with E-state index in [1.807, 2.05) is 11.0 Å². The molecule has 0 atom stereocenters. The zero-order valence-corrected chi connectivity index (χ0v) is 15.3. The second-order valence-electron chi connectivity index (χ2n) is 6.62. The maximum absolute atomic E-state index is 12.7. The van der Waals surface area contributed by atoms with Crippen molar-refractivity contribution in [3.63, 3.8) is 0 Å². The van der Waals surface area contributed by atoms with Crippen LogP contribution in [-0.4, -0.2) is 46.9 Å². The molecule has 132 valence electrons. The van der Waals surface area contributed by atoms with Crippen LogP contribution in [0.25, 0.3) is 10.8 Å². The van der Waals surface area contributed by atoms with Gasteiger partial charge in [0.1, 0.15) is 4.64 Å². The van der Waals surface area contributed by atoms with E-state index >= 15 is 0 Å². The maximum Gasteiger partial charge on any atom is 0.256 e. The van der Waals surface area contributed by atoms with Gasteiger partial charge in [0.25, 0.3) is 5.91 Å². The van der Waals surface area contributed by atoms with Crippen molar-refractivity contribution in [2.45, 2.75) is 6.54 Å². The molecule has 0 aliphatic carbocycles. The molecule has 0 spiro atoms. The normalized spacial score (nSPS) is 15.3. The summed E-state index contributed by atoms with van der Waals surface area (Å²) < 4.78 is 0.510. The Balaban J connectivity index is 1.43. The average Bonchev–Trinajstić information content (AvgIpc) is 2.69. The lowest BCUT2D eigenvalue weighted by atomic mass is 10.0. The summed E-state index contributed by atoms with van der Waals surface area (Å²) in [7, 11) is 0. The number of H-pyrrole nitrogens is 1. The van der Waals surface area contributed by atoms with E-state index in [0.717, 1.165) is 32.7 Å². The summed E-state index contributed by atoms with van der Waals surface area (Å²) in [5.74, 6) is 0.0247. The summed E-state index contributed by atoms with van der Waals surface area (Å²) in [6.45, 7) is 4.12. The van der Waals surface area contributed by atoms with E-state index in [4.69, 9.17) is 12.2 Å². The first-order valence-corrected chi connectivity index (χ1v) is 9.29. The van der Waals surface area contributed by atoms with Crippen molar-refractivity contribution in [2.24, 2.45) is 0 Å². The van der Waals surface area contributed by atoms with Crippen molar-refractivity contribution < 1.29 is 4.79 Å². The molecule has 4 nitrogen and oxygen atoms in total. The van der Waals surface area contributed by atoms with Crippen LogP contribution in [0.15, 0.2) is 60.8 Å². The number of aromatic amines is 1. The molecule has 1 aliphatic rings. The van der Waals surface area contributed by atoms with Gasteiger partial charge in [-0.15, -0.1) is 0 Å². The molecule has 0 radical (unpaired) electrons. The number of nitrogens with zero attached hydrogens (tertiary/aromatic N) is 2. The lowest BCUT2D eigenvalue weighted by Crippen LogP contribution is -2.48. The van der Waals surface area contributed by atoms with Crippen LogP contribution in [0.1, 0.15) is 15.9 Å². The number of hydrogen-bond donors (Lipinski definition) is 1. The summed E-state index contributed by atoms with van der Waals surface area (Å²) in [6, 6.07) is 18.6. The molecule has 3 aromatic rings. The maximum atomic E-state index is 12.7. The van der Waals surface area contributed by atoms with Gasteiger partial charge in [0.2, 0.25) is 0 Å². The highest BCUT2D eigenvalue weighted by atomic mass is 32.1. The molecule has 2 aromatic carbocycles. The fourth-order valence-corrected chi connectivity index (χ4v) is 3.76. The molecule has 5 heteroatoms. The van der Waals surface area contributed by atoms with E-state index in [2.05, 4.69) is 52.3 Å². The Hall–Kier alpha value is -2.50. The monoisotopic (exact) mass is 363 g/mol. The molecule has 0 unspecified atom stereocenters. The van der Waals surface area contributed by atoms with Crippen molar-refractivity contribution in [2.75, 3.05) is 26.2 Å². The number of carbonyl (C=O) groups excluding carboxylic acids is 1. The number of benzene rings is 2. The number of pyridine rings is 1. The van der Waals surface area contributed by atoms with Gasteiger partial charge in [-0.05, 0) is 28.5 Å². The minimum Gasteiger partial charge on any atom is -0.352 e. The molecule has 1 fully saturated rings. The number of aromatic nitrogens is 1. The van der Waals surface area contributed by atoms with Gasteiger partial charge >= 0.3 is 0 Å². The Labute approximate surface area is 158 Å². The third-order valence-electron chi connectivity index (χ3n) is 4.98. The van der Waals surface area contributed by atoms with Gasteiger partial charge in [-0.3, -0.25) is 9.69 Å². The second kappa shape index (κ2) is 7.40. The fourth-order valence-electron chi connectivity index (χ4n) is 3.54. The SMILES string of the molecule is O=C(c1ccc[nH]c1=S)N1CCN(Cc2cccc3ccccc23)CC1. The molecule has 4 rings (SSSR count). The van der Waals surface area contributed by atoms with Crippen LogP contribution in [0.4, 0.5) is 0 Å². The minimum atomic E-state index is 0.0247. The first kappa shape index (κ1) is 16.9. The summed E-state index contributed by atoms with van der Waals surface area (Å²) in [4.78, 5) is 19.9. The Kier molecular flexibility index (Phi) is 4.82. The summed E-state index contributed by atoms with van der Waals surface area (Å²) >= 11 is 5.24. The zero-order valence-electron chi connectivity index (χ0n) is 14.5. The fraction of sp³-hybridized carbons (Fsp3) is 0.238. The number of rotatable bonds is 3. The summed E-state index contributed by atoms with van der Waals surface area (Å²) in [6.07, 6.45) is 1.75. The third-order valence-corrected chi connectivity index (χ3v) is 5.32. The number of carbonyl (C=O) groups is 1. The highest BCUT2D eigenvalue weighted by molar-refractivity contribution is 7.71. The molecule has 1 aromatic heterocycles. The van der Waals surface area contributed by atoms with Crippen LogP contribution in [0, 0.1) is 4.64 Å². The van der Waals surface area contributed by atoms with Gasteiger partial charge in [0.15, 0.2) is 0 Å². The van der Waals surface area contributed by atoms with Crippen molar-refractivity contribution in [1.82, 2.24) is 14.8 Å². The van der Waals surface area contributed by atoms with E-state index in [9.17, 15) is 4.79 Å². The molecule has 26 heavy (non-hydrogen) atoms. The van der Waals surface area contributed by atoms with Gasteiger partial charge in [-0.1, -0.05) is 54.7 Å². The van der Waals surface area contributed by atoms with Crippen molar-refractivity contribution in [1.29, 1.82) is 0 Å². The predicted octanol–water partition coefficient (Wildman–Crippen LogP) is 3.86. The largest absolute Gasteiger partial charge is 0.352 e. The smallest absolute Gasteiger partial charge is 0.256 e. The van der Waals surface area contributed by atoms with Gasteiger partial charge in [-0.25, -0.2) is 0 Å². The summed E-state index contributed by atoms with van der Waals surface area (Å²) in [5, 5.41) is 2.58. The number of fused-ring (bicyclic) bond motifs is 1. The highest BCUT2D eigenvalue weighted by Gasteiger charge is 2.23. The van der Waals surface area contributed by atoms with Crippen LogP contribution in [0.3, 0.4) is 0 Å². The zero-order chi connectivity index (χ0) is 17.9. The lowest BCUT2D eigenvalue weighted by Gasteiger charge is -2.35. The molecule has 1 saturated heterocycles. The van der Waals surface area contributed by atoms with Crippen LogP contribution in [0.5, 0.6) is 0 Å². The quantitative estimate of drug-likeness (QED) is 0.719. The molecular formula is C21H21N3OS.